The zero-order valence-corrected chi connectivity index (χ0v) is 14.3. The van der Waals surface area contributed by atoms with Crippen molar-refractivity contribution in [2.24, 2.45) is 11.1 Å². The number of fused-ring (bicyclic) bond motifs is 1. The van der Waals surface area contributed by atoms with E-state index in [4.69, 9.17) is 10.5 Å². The van der Waals surface area contributed by atoms with Crippen LogP contribution in [0, 0.1) is 11.2 Å². The van der Waals surface area contributed by atoms with Gasteiger partial charge in [-0.05, 0) is 68.0 Å². The first-order valence-electron chi connectivity index (χ1n) is 8.68. The van der Waals surface area contributed by atoms with Crippen molar-refractivity contribution in [3.63, 3.8) is 0 Å². The zero-order valence-electron chi connectivity index (χ0n) is 14.3. The van der Waals surface area contributed by atoms with Crippen molar-refractivity contribution in [3.8, 4) is 5.75 Å². The molecule has 1 heterocycles. The average molecular weight is 332 g/mol. The Hall–Kier alpha value is -1.88. The fourth-order valence-corrected chi connectivity index (χ4v) is 3.87. The lowest BCUT2D eigenvalue weighted by Crippen LogP contribution is -2.43. The van der Waals surface area contributed by atoms with Gasteiger partial charge in [0.15, 0.2) is 11.6 Å². The van der Waals surface area contributed by atoms with Crippen LogP contribution in [0.4, 0.5) is 4.39 Å². The molecule has 5 heteroatoms. The second kappa shape index (κ2) is 6.55. The highest BCUT2D eigenvalue weighted by atomic mass is 19.1. The van der Waals surface area contributed by atoms with Crippen molar-refractivity contribution in [1.29, 1.82) is 0 Å². The SMILES string of the molecule is CC[C@]1(C(C)N)CC[C@@H](Oc2cc3cc[nH]c(=O)c3cc2F)CC1. The first-order chi connectivity index (χ1) is 11.4. The minimum absolute atomic E-state index is 0.00243. The molecule has 1 saturated carbocycles. The average Bonchev–Trinajstić information content (AvgIpc) is 2.57. The number of hydrogen-bond acceptors (Lipinski definition) is 3. The number of rotatable bonds is 4. The maximum absolute atomic E-state index is 14.3. The van der Waals surface area contributed by atoms with Crippen LogP contribution in [-0.4, -0.2) is 17.1 Å². The van der Waals surface area contributed by atoms with Crippen LogP contribution < -0.4 is 16.0 Å². The summed E-state index contributed by atoms with van der Waals surface area (Å²) in [5.74, 6) is -0.262. The second-order valence-electron chi connectivity index (χ2n) is 7.00. The molecule has 3 rings (SSSR count). The van der Waals surface area contributed by atoms with E-state index >= 15 is 0 Å². The van der Waals surface area contributed by atoms with Gasteiger partial charge in [0, 0.05) is 12.2 Å². The van der Waals surface area contributed by atoms with Gasteiger partial charge >= 0.3 is 0 Å². The highest BCUT2D eigenvalue weighted by molar-refractivity contribution is 5.82. The lowest BCUT2D eigenvalue weighted by Gasteiger charge is -2.42. The third-order valence-corrected chi connectivity index (χ3v) is 5.72. The summed E-state index contributed by atoms with van der Waals surface area (Å²) >= 11 is 0. The molecule has 1 aromatic carbocycles. The van der Waals surface area contributed by atoms with E-state index in [0.717, 1.165) is 32.1 Å². The molecule has 4 nitrogen and oxygen atoms in total. The fraction of sp³-hybridized carbons (Fsp3) is 0.526. The van der Waals surface area contributed by atoms with Gasteiger partial charge in [0.05, 0.1) is 11.5 Å². The molecule has 130 valence electrons. The van der Waals surface area contributed by atoms with Crippen molar-refractivity contribution >= 4 is 10.8 Å². The lowest BCUT2D eigenvalue weighted by atomic mass is 9.67. The van der Waals surface area contributed by atoms with Gasteiger partial charge in [0.2, 0.25) is 0 Å². The molecule has 24 heavy (non-hydrogen) atoms. The van der Waals surface area contributed by atoms with Gasteiger partial charge in [-0.15, -0.1) is 0 Å². The summed E-state index contributed by atoms with van der Waals surface area (Å²) in [7, 11) is 0. The van der Waals surface area contributed by atoms with Crippen molar-refractivity contribution in [2.75, 3.05) is 0 Å². The van der Waals surface area contributed by atoms with Gasteiger partial charge in [-0.25, -0.2) is 4.39 Å². The van der Waals surface area contributed by atoms with Crippen LogP contribution >= 0.6 is 0 Å². The van der Waals surface area contributed by atoms with E-state index in [-0.39, 0.29) is 28.9 Å². The Kier molecular flexibility index (Phi) is 4.63. The molecule has 1 fully saturated rings. The summed E-state index contributed by atoms with van der Waals surface area (Å²) in [6.07, 6.45) is 6.37. The highest BCUT2D eigenvalue weighted by Gasteiger charge is 2.37. The topological polar surface area (TPSA) is 68.1 Å². The third-order valence-electron chi connectivity index (χ3n) is 5.72. The largest absolute Gasteiger partial charge is 0.487 e. The number of H-pyrrole nitrogens is 1. The smallest absolute Gasteiger partial charge is 0.255 e. The molecule has 1 aromatic heterocycles. The molecule has 0 amide bonds. The van der Waals surface area contributed by atoms with Gasteiger partial charge in [-0.1, -0.05) is 6.92 Å². The molecule has 0 radical (unpaired) electrons. The molecule has 1 aliphatic carbocycles. The Balaban J connectivity index is 1.77. The quantitative estimate of drug-likeness (QED) is 0.896. The lowest BCUT2D eigenvalue weighted by molar-refractivity contribution is 0.0598. The number of aromatic nitrogens is 1. The van der Waals surface area contributed by atoms with Crippen molar-refractivity contribution in [3.05, 3.63) is 40.6 Å². The minimum Gasteiger partial charge on any atom is -0.487 e. The van der Waals surface area contributed by atoms with E-state index in [1.165, 1.54) is 6.07 Å². The number of pyridine rings is 1. The van der Waals surface area contributed by atoms with Crippen LogP contribution in [-0.2, 0) is 0 Å². The zero-order chi connectivity index (χ0) is 17.3. The van der Waals surface area contributed by atoms with Crippen molar-refractivity contribution in [2.45, 2.75) is 58.1 Å². The normalized spacial score (nSPS) is 25.6. The van der Waals surface area contributed by atoms with E-state index in [9.17, 15) is 9.18 Å². The number of nitrogens with one attached hydrogen (secondary N) is 1. The predicted octanol–water partition coefficient (Wildman–Crippen LogP) is 3.73. The third kappa shape index (κ3) is 3.05. The van der Waals surface area contributed by atoms with E-state index in [0.29, 0.717) is 10.8 Å². The molecule has 0 bridgehead atoms. The predicted molar refractivity (Wildman–Crippen MR) is 93.8 cm³/mol. The van der Waals surface area contributed by atoms with Crippen LogP contribution in [0.1, 0.15) is 46.0 Å². The first kappa shape index (κ1) is 17.0. The number of aromatic amines is 1. The van der Waals surface area contributed by atoms with Gasteiger partial charge < -0.3 is 15.5 Å². The Bertz CT molecular complexity index is 777. The van der Waals surface area contributed by atoms with Crippen LogP contribution in [0.25, 0.3) is 10.8 Å². The van der Waals surface area contributed by atoms with Crippen LogP contribution in [0.3, 0.4) is 0 Å². The van der Waals surface area contributed by atoms with E-state index < -0.39 is 5.82 Å². The highest BCUT2D eigenvalue weighted by Crippen LogP contribution is 2.42. The molecule has 0 aliphatic heterocycles. The molecule has 1 atom stereocenters. The molecule has 0 spiro atoms. The summed E-state index contributed by atoms with van der Waals surface area (Å²) < 4.78 is 20.2. The number of halogens is 1. The van der Waals surface area contributed by atoms with Crippen molar-refractivity contribution < 1.29 is 9.13 Å². The number of nitrogens with two attached hydrogens (primary N) is 1. The Morgan fingerprint density at radius 3 is 2.75 bits per heavy atom. The Morgan fingerprint density at radius 2 is 2.12 bits per heavy atom. The molecule has 2 aromatic rings. The second-order valence-corrected chi connectivity index (χ2v) is 7.00. The maximum atomic E-state index is 14.3. The van der Waals surface area contributed by atoms with E-state index in [2.05, 4.69) is 18.8 Å². The minimum atomic E-state index is -0.487. The van der Waals surface area contributed by atoms with Crippen LogP contribution in [0.2, 0.25) is 0 Å². The van der Waals surface area contributed by atoms with Gasteiger partial charge in [-0.3, -0.25) is 4.79 Å². The molecular weight excluding hydrogens is 307 g/mol. The van der Waals surface area contributed by atoms with Crippen molar-refractivity contribution in [1.82, 2.24) is 4.98 Å². The molecule has 3 N–H and O–H groups in total. The fourth-order valence-electron chi connectivity index (χ4n) is 3.87. The van der Waals surface area contributed by atoms with E-state index in [1.54, 1.807) is 18.3 Å². The Labute approximate surface area is 141 Å². The summed E-state index contributed by atoms with van der Waals surface area (Å²) in [6, 6.07) is 4.78. The molecular formula is C19H25FN2O2. The number of hydrogen-bond donors (Lipinski definition) is 2. The molecule has 1 aliphatic rings. The standard InChI is InChI=1S/C19H25FN2O2/c1-3-19(12(2)21)7-4-14(5-8-19)24-17-10-13-6-9-22-18(23)15(13)11-16(17)20/h6,9-12,14H,3-5,7-8,21H2,1-2H3,(H,22,23)/t12?,14-,19+. The first-order valence-corrected chi connectivity index (χ1v) is 8.68. The van der Waals surface area contributed by atoms with Gasteiger partial charge in [0.1, 0.15) is 0 Å². The van der Waals surface area contributed by atoms with Crippen LogP contribution in [0.5, 0.6) is 5.75 Å². The Morgan fingerprint density at radius 1 is 1.42 bits per heavy atom. The summed E-state index contributed by atoms with van der Waals surface area (Å²) in [5, 5.41) is 1.03. The number of benzene rings is 1. The summed E-state index contributed by atoms with van der Waals surface area (Å²) in [5.41, 5.74) is 6.06. The van der Waals surface area contributed by atoms with Gasteiger partial charge in [-0.2, -0.15) is 0 Å². The number of ether oxygens (including phenoxy) is 1. The van der Waals surface area contributed by atoms with E-state index in [1.807, 2.05) is 0 Å². The monoisotopic (exact) mass is 332 g/mol. The summed E-state index contributed by atoms with van der Waals surface area (Å²) in [6.45, 7) is 4.26. The summed E-state index contributed by atoms with van der Waals surface area (Å²) in [4.78, 5) is 14.3. The van der Waals surface area contributed by atoms with Gasteiger partial charge in [0.25, 0.3) is 5.56 Å². The van der Waals surface area contributed by atoms with Crippen LogP contribution in [0.15, 0.2) is 29.2 Å². The maximum Gasteiger partial charge on any atom is 0.255 e. The molecule has 1 unspecified atom stereocenters. The molecule has 0 saturated heterocycles.